The minimum Gasteiger partial charge on any atom is -0.490 e. The number of terminal acetylenes is 1. The van der Waals surface area contributed by atoms with Gasteiger partial charge in [0.15, 0.2) is 11.5 Å². The quantitative estimate of drug-likeness (QED) is 0.251. The van der Waals surface area contributed by atoms with Gasteiger partial charge in [0.25, 0.3) is 5.91 Å². The molecule has 0 bridgehead atoms. The molecule has 148 valence electrons. The van der Waals surface area contributed by atoms with Crippen molar-refractivity contribution in [3.8, 4) is 29.9 Å². The number of hydrogen-bond acceptors (Lipinski definition) is 4. The highest BCUT2D eigenvalue weighted by Gasteiger charge is 2.16. The predicted molar refractivity (Wildman–Crippen MR) is 121 cm³/mol. The van der Waals surface area contributed by atoms with Crippen LogP contribution >= 0.6 is 22.6 Å². The van der Waals surface area contributed by atoms with Crippen molar-refractivity contribution in [1.29, 1.82) is 5.26 Å². The van der Waals surface area contributed by atoms with Crippen molar-refractivity contribution in [2.45, 2.75) is 19.9 Å². The predicted octanol–water partition coefficient (Wildman–Crippen LogP) is 4.49. The molecule has 1 N–H and O–H groups in total. The van der Waals surface area contributed by atoms with Gasteiger partial charge in [-0.1, -0.05) is 36.3 Å². The van der Waals surface area contributed by atoms with Crippen molar-refractivity contribution < 1.29 is 14.3 Å². The number of nitrogens with one attached hydrogen (secondary N) is 1. The topological polar surface area (TPSA) is 71.3 Å². The Morgan fingerprint density at radius 2 is 2.03 bits per heavy atom. The van der Waals surface area contributed by atoms with E-state index in [1.165, 1.54) is 6.08 Å². The van der Waals surface area contributed by atoms with Crippen LogP contribution in [0.2, 0.25) is 0 Å². The first kappa shape index (κ1) is 22.3. The van der Waals surface area contributed by atoms with Gasteiger partial charge in [-0.2, -0.15) is 5.26 Å². The normalized spacial score (nSPS) is 11.7. The summed E-state index contributed by atoms with van der Waals surface area (Å²) in [6.45, 7) is 4.29. The lowest BCUT2D eigenvalue weighted by Gasteiger charge is -2.15. The molecule has 0 saturated carbocycles. The zero-order valence-electron chi connectivity index (χ0n) is 16.2. The summed E-state index contributed by atoms with van der Waals surface area (Å²) >= 11 is 2.11. The first-order valence-electron chi connectivity index (χ1n) is 9.00. The van der Waals surface area contributed by atoms with Crippen LogP contribution in [0.1, 0.15) is 31.0 Å². The van der Waals surface area contributed by atoms with Crippen molar-refractivity contribution >= 4 is 34.6 Å². The molecule has 2 aromatic rings. The molecule has 0 aliphatic carbocycles. The summed E-state index contributed by atoms with van der Waals surface area (Å²) in [5.74, 6) is 3.04. The molecule has 0 aliphatic heterocycles. The summed E-state index contributed by atoms with van der Waals surface area (Å²) in [5.41, 5.74) is 1.62. The maximum Gasteiger partial charge on any atom is 0.262 e. The molecule has 0 fully saturated rings. The van der Waals surface area contributed by atoms with Gasteiger partial charge in [0.05, 0.1) is 16.2 Å². The van der Waals surface area contributed by atoms with Crippen LogP contribution in [0.3, 0.4) is 0 Å². The third-order valence-electron chi connectivity index (χ3n) is 3.95. The summed E-state index contributed by atoms with van der Waals surface area (Å²) in [5, 5.41) is 12.3. The number of nitrogens with zero attached hydrogens (tertiary/aromatic N) is 1. The fraction of sp³-hybridized carbons (Fsp3) is 0.217. The molecule has 6 heteroatoms. The highest BCUT2D eigenvalue weighted by molar-refractivity contribution is 14.1. The molecule has 2 aromatic carbocycles. The van der Waals surface area contributed by atoms with Gasteiger partial charge in [-0.15, -0.1) is 6.42 Å². The van der Waals surface area contributed by atoms with Crippen molar-refractivity contribution in [2.75, 3.05) is 13.2 Å². The molecule has 5 nitrogen and oxygen atoms in total. The lowest BCUT2D eigenvalue weighted by atomic mass is 10.1. The third-order valence-corrected chi connectivity index (χ3v) is 4.76. The molecule has 0 aliphatic rings. The molecule has 0 aromatic heterocycles. The van der Waals surface area contributed by atoms with Crippen LogP contribution in [-0.4, -0.2) is 19.1 Å². The second-order valence-electron chi connectivity index (χ2n) is 6.03. The van der Waals surface area contributed by atoms with Crippen LogP contribution in [0.5, 0.6) is 11.5 Å². The largest absolute Gasteiger partial charge is 0.490 e. The minimum absolute atomic E-state index is 0.00308. The van der Waals surface area contributed by atoms with Crippen molar-refractivity contribution in [2.24, 2.45) is 0 Å². The number of rotatable bonds is 8. The molecule has 1 amide bonds. The van der Waals surface area contributed by atoms with E-state index in [9.17, 15) is 10.1 Å². The standard InChI is InChI=1S/C23H21IN2O3/c1-4-11-29-22-20(24)13-17(14-21(22)28-5-2)12-19(15-25)23(27)26-16(3)18-9-7-6-8-10-18/h1,6-10,12-14,16H,5,11H2,2-3H3,(H,26,27)/b19-12-/t16-/m0/s1. The number of benzene rings is 2. The Bertz CT molecular complexity index is 972. The average Bonchev–Trinajstić information content (AvgIpc) is 2.72. The van der Waals surface area contributed by atoms with E-state index in [4.69, 9.17) is 15.9 Å². The maximum atomic E-state index is 12.6. The number of carbonyl (C=O) groups excluding carboxylic acids is 1. The molecule has 0 unspecified atom stereocenters. The number of halogens is 1. The summed E-state index contributed by atoms with van der Waals surface area (Å²) in [4.78, 5) is 12.6. The fourth-order valence-corrected chi connectivity index (χ4v) is 3.38. The van der Waals surface area contributed by atoms with Gasteiger partial charge in [0, 0.05) is 0 Å². The first-order valence-corrected chi connectivity index (χ1v) is 10.1. The molecule has 0 radical (unpaired) electrons. The molecule has 0 saturated heterocycles. The number of carbonyl (C=O) groups is 1. The molecule has 0 heterocycles. The van der Waals surface area contributed by atoms with E-state index in [2.05, 4.69) is 33.8 Å². The van der Waals surface area contributed by atoms with Crippen LogP contribution in [0, 0.1) is 27.2 Å². The van der Waals surface area contributed by atoms with E-state index in [0.717, 1.165) is 9.13 Å². The highest BCUT2D eigenvalue weighted by atomic mass is 127. The lowest BCUT2D eigenvalue weighted by molar-refractivity contribution is -0.117. The third kappa shape index (κ3) is 6.27. The van der Waals surface area contributed by atoms with E-state index in [1.54, 1.807) is 12.1 Å². The SMILES string of the molecule is C#CCOc1c(I)cc(/C=C(/C#N)C(=O)N[C@@H](C)c2ccccc2)cc1OCC. The Kier molecular flexibility index (Phi) is 8.57. The number of amides is 1. The van der Waals surface area contributed by atoms with Gasteiger partial charge < -0.3 is 14.8 Å². The molecule has 2 rings (SSSR count). The van der Waals surface area contributed by atoms with E-state index in [0.29, 0.717) is 23.7 Å². The van der Waals surface area contributed by atoms with E-state index >= 15 is 0 Å². The summed E-state index contributed by atoms with van der Waals surface area (Å²) in [6.07, 6.45) is 6.80. The van der Waals surface area contributed by atoms with Crippen LogP contribution in [0.25, 0.3) is 6.08 Å². The van der Waals surface area contributed by atoms with Gasteiger partial charge in [-0.05, 0) is 65.8 Å². The smallest absolute Gasteiger partial charge is 0.262 e. The van der Waals surface area contributed by atoms with Crippen molar-refractivity contribution in [3.05, 3.63) is 62.7 Å². The zero-order chi connectivity index (χ0) is 21.2. The molecular weight excluding hydrogens is 479 g/mol. The van der Waals surface area contributed by atoms with Crippen LogP contribution in [0.15, 0.2) is 48.0 Å². The van der Waals surface area contributed by atoms with Crippen LogP contribution in [0.4, 0.5) is 0 Å². The number of ether oxygens (including phenoxy) is 2. The second kappa shape index (κ2) is 11.1. The molecular formula is C23H21IN2O3. The highest BCUT2D eigenvalue weighted by Crippen LogP contribution is 2.35. The van der Waals surface area contributed by atoms with Crippen molar-refractivity contribution in [1.82, 2.24) is 5.32 Å². The maximum absolute atomic E-state index is 12.6. The zero-order valence-corrected chi connectivity index (χ0v) is 18.4. The Balaban J connectivity index is 2.28. The first-order chi connectivity index (χ1) is 14.0. The summed E-state index contributed by atoms with van der Waals surface area (Å²) in [7, 11) is 0. The molecule has 0 spiro atoms. The summed E-state index contributed by atoms with van der Waals surface area (Å²) < 4.78 is 12.0. The summed E-state index contributed by atoms with van der Waals surface area (Å²) in [6, 6.07) is 14.8. The van der Waals surface area contributed by atoms with E-state index in [1.807, 2.05) is 50.2 Å². The number of nitriles is 1. The van der Waals surface area contributed by atoms with Crippen molar-refractivity contribution in [3.63, 3.8) is 0 Å². The van der Waals surface area contributed by atoms with Gasteiger partial charge in [-0.25, -0.2) is 0 Å². The van der Waals surface area contributed by atoms with Crippen LogP contribution in [-0.2, 0) is 4.79 Å². The van der Waals surface area contributed by atoms with Gasteiger partial charge >= 0.3 is 0 Å². The monoisotopic (exact) mass is 500 g/mol. The minimum atomic E-state index is -0.440. The fourth-order valence-electron chi connectivity index (χ4n) is 2.60. The Hall–Kier alpha value is -2.97. The Morgan fingerprint density at radius 1 is 1.31 bits per heavy atom. The van der Waals surface area contributed by atoms with Crippen LogP contribution < -0.4 is 14.8 Å². The van der Waals surface area contributed by atoms with Gasteiger partial charge in [-0.3, -0.25) is 4.79 Å². The second-order valence-corrected chi connectivity index (χ2v) is 7.19. The molecule has 29 heavy (non-hydrogen) atoms. The Labute approximate surface area is 184 Å². The molecule has 1 atom stereocenters. The Morgan fingerprint density at radius 3 is 2.66 bits per heavy atom. The number of hydrogen-bond donors (Lipinski definition) is 1. The lowest BCUT2D eigenvalue weighted by Crippen LogP contribution is -2.27. The van der Waals surface area contributed by atoms with E-state index < -0.39 is 5.91 Å². The van der Waals surface area contributed by atoms with Gasteiger partial charge in [0.1, 0.15) is 18.2 Å². The van der Waals surface area contributed by atoms with E-state index in [-0.39, 0.29) is 18.2 Å². The van der Waals surface area contributed by atoms with Gasteiger partial charge in [0.2, 0.25) is 0 Å². The average molecular weight is 500 g/mol.